The Bertz CT molecular complexity index is 776. The topological polar surface area (TPSA) is 32.6 Å². The fraction of sp³-hybridized carbons (Fsp3) is 0.316. The van der Waals surface area contributed by atoms with Gasteiger partial charge in [0.1, 0.15) is 5.60 Å². The zero-order valence-electron chi connectivity index (χ0n) is 12.9. The third kappa shape index (κ3) is 2.42. The molecule has 0 bridgehead atoms. The normalized spacial score (nSPS) is 30.5. The highest BCUT2D eigenvalue weighted by molar-refractivity contribution is 8.15. The van der Waals surface area contributed by atoms with Crippen LogP contribution in [0.5, 0.6) is 0 Å². The van der Waals surface area contributed by atoms with Crippen LogP contribution in [0, 0.1) is 5.92 Å². The summed E-state index contributed by atoms with van der Waals surface area (Å²) in [7, 11) is 0. The Morgan fingerprint density at radius 1 is 1.26 bits per heavy atom. The van der Waals surface area contributed by atoms with Gasteiger partial charge in [0, 0.05) is 16.2 Å². The zero-order chi connectivity index (χ0) is 16.0. The summed E-state index contributed by atoms with van der Waals surface area (Å²) in [6.07, 6.45) is 0.853. The molecule has 1 saturated heterocycles. The number of thioether (sulfide) groups is 1. The number of rotatable bonds is 2. The second kappa shape index (κ2) is 5.66. The maximum atomic E-state index is 11.4. The first-order chi connectivity index (χ1) is 11.1. The third-order valence-electron chi connectivity index (χ3n) is 4.95. The van der Waals surface area contributed by atoms with Gasteiger partial charge in [0.2, 0.25) is 0 Å². The molecule has 1 heterocycles. The van der Waals surface area contributed by atoms with Crippen LogP contribution in [0.15, 0.2) is 53.5 Å². The van der Waals surface area contributed by atoms with Crippen LogP contribution < -0.4 is 0 Å². The highest BCUT2D eigenvalue weighted by atomic mass is 35.5. The van der Waals surface area contributed by atoms with E-state index in [1.54, 1.807) is 11.8 Å². The summed E-state index contributed by atoms with van der Waals surface area (Å²) < 4.78 is 0. The smallest absolute Gasteiger partial charge is 0.111 e. The molecule has 1 fully saturated rings. The van der Waals surface area contributed by atoms with E-state index in [4.69, 9.17) is 16.6 Å². The molecule has 2 aliphatic rings. The van der Waals surface area contributed by atoms with Crippen molar-refractivity contribution >= 4 is 28.4 Å². The van der Waals surface area contributed by atoms with Gasteiger partial charge in [-0.05, 0) is 35.2 Å². The summed E-state index contributed by atoms with van der Waals surface area (Å²) in [5.41, 5.74) is 2.58. The van der Waals surface area contributed by atoms with Crippen molar-refractivity contribution in [2.24, 2.45) is 10.9 Å². The number of aliphatic hydroxyl groups is 1. The fourth-order valence-electron chi connectivity index (χ4n) is 3.66. The van der Waals surface area contributed by atoms with Crippen molar-refractivity contribution in [1.82, 2.24) is 0 Å². The second-order valence-electron chi connectivity index (χ2n) is 6.30. The Labute approximate surface area is 145 Å². The van der Waals surface area contributed by atoms with Crippen molar-refractivity contribution in [3.63, 3.8) is 0 Å². The molecule has 0 spiro atoms. The van der Waals surface area contributed by atoms with E-state index in [9.17, 15) is 5.11 Å². The van der Waals surface area contributed by atoms with Gasteiger partial charge in [0.05, 0.1) is 11.6 Å². The maximum Gasteiger partial charge on any atom is 0.111 e. The highest BCUT2D eigenvalue weighted by Crippen LogP contribution is 2.55. The minimum atomic E-state index is -0.819. The van der Waals surface area contributed by atoms with Crippen LogP contribution in [0.2, 0.25) is 5.02 Å². The van der Waals surface area contributed by atoms with E-state index in [0.29, 0.717) is 6.54 Å². The molecular formula is C19H18ClNOS. The average molecular weight is 344 g/mol. The number of benzene rings is 2. The van der Waals surface area contributed by atoms with E-state index in [1.165, 1.54) is 11.1 Å². The summed E-state index contributed by atoms with van der Waals surface area (Å²) in [6, 6.07) is 16.1. The largest absolute Gasteiger partial charge is 0.383 e. The molecule has 3 atom stereocenters. The van der Waals surface area contributed by atoms with Gasteiger partial charge in [-0.25, -0.2) is 0 Å². The van der Waals surface area contributed by atoms with Crippen molar-refractivity contribution < 1.29 is 5.11 Å². The van der Waals surface area contributed by atoms with Crippen LogP contribution in [0.4, 0.5) is 0 Å². The Kier molecular flexibility index (Phi) is 3.75. The van der Waals surface area contributed by atoms with Gasteiger partial charge in [0.25, 0.3) is 0 Å². The van der Waals surface area contributed by atoms with Gasteiger partial charge < -0.3 is 5.11 Å². The van der Waals surface area contributed by atoms with Crippen LogP contribution >= 0.6 is 23.4 Å². The molecule has 1 aliphatic carbocycles. The van der Waals surface area contributed by atoms with Crippen LogP contribution in [0.1, 0.15) is 23.6 Å². The molecule has 2 aromatic carbocycles. The molecule has 4 heteroatoms. The van der Waals surface area contributed by atoms with Gasteiger partial charge in [-0.15, -0.1) is 11.8 Å². The number of hydrogen-bond acceptors (Lipinski definition) is 3. The SMILES string of the molecule is CC1C(=NCc2ccccc2)SC2Cc3cc(Cl)ccc3C21O. The predicted molar refractivity (Wildman–Crippen MR) is 97.2 cm³/mol. The van der Waals surface area contributed by atoms with E-state index in [2.05, 4.69) is 19.1 Å². The third-order valence-corrected chi connectivity index (χ3v) is 6.72. The van der Waals surface area contributed by atoms with Crippen molar-refractivity contribution in [3.8, 4) is 0 Å². The molecule has 0 amide bonds. The minimum absolute atomic E-state index is 0.0173. The number of fused-ring (bicyclic) bond motifs is 3. The minimum Gasteiger partial charge on any atom is -0.383 e. The van der Waals surface area contributed by atoms with E-state index < -0.39 is 5.60 Å². The molecule has 3 unspecified atom stereocenters. The molecule has 2 nitrogen and oxygen atoms in total. The molecule has 118 valence electrons. The molecule has 0 radical (unpaired) electrons. The van der Waals surface area contributed by atoms with Crippen molar-refractivity contribution in [2.45, 2.75) is 30.7 Å². The summed E-state index contributed by atoms with van der Waals surface area (Å²) in [5, 5.41) is 13.3. The molecule has 1 N–H and O–H groups in total. The lowest BCUT2D eigenvalue weighted by Crippen LogP contribution is -2.36. The van der Waals surface area contributed by atoms with Gasteiger partial charge in [-0.3, -0.25) is 4.99 Å². The summed E-state index contributed by atoms with van der Waals surface area (Å²) in [6.45, 7) is 2.75. The van der Waals surface area contributed by atoms with Gasteiger partial charge in [-0.2, -0.15) is 0 Å². The van der Waals surface area contributed by atoms with Gasteiger partial charge in [-0.1, -0.05) is 54.9 Å². The van der Waals surface area contributed by atoms with Crippen LogP contribution in [0.3, 0.4) is 0 Å². The summed E-state index contributed by atoms with van der Waals surface area (Å²) >= 11 is 7.82. The lowest BCUT2D eigenvalue weighted by Gasteiger charge is -2.27. The lowest BCUT2D eigenvalue weighted by molar-refractivity contribution is 0.0213. The van der Waals surface area contributed by atoms with Crippen LogP contribution in [-0.2, 0) is 18.6 Å². The van der Waals surface area contributed by atoms with Crippen molar-refractivity contribution in [1.29, 1.82) is 0 Å². The molecule has 1 aliphatic heterocycles. The number of aliphatic imine (C=N–C) groups is 1. The highest BCUT2D eigenvalue weighted by Gasteiger charge is 2.56. The fourth-order valence-corrected chi connectivity index (χ4v) is 5.44. The van der Waals surface area contributed by atoms with Gasteiger partial charge in [0.15, 0.2) is 0 Å². The van der Waals surface area contributed by atoms with Crippen LogP contribution in [-0.4, -0.2) is 15.4 Å². The second-order valence-corrected chi connectivity index (χ2v) is 7.96. The average Bonchev–Trinajstić information content (AvgIpc) is 2.96. The zero-order valence-corrected chi connectivity index (χ0v) is 14.4. The lowest BCUT2D eigenvalue weighted by atomic mass is 9.84. The first-order valence-electron chi connectivity index (χ1n) is 7.85. The molecule has 23 heavy (non-hydrogen) atoms. The van der Waals surface area contributed by atoms with Crippen molar-refractivity contribution in [3.05, 3.63) is 70.2 Å². The first-order valence-corrected chi connectivity index (χ1v) is 9.11. The summed E-state index contributed by atoms with van der Waals surface area (Å²) in [4.78, 5) is 4.79. The number of halogens is 1. The van der Waals surface area contributed by atoms with Crippen LogP contribution in [0.25, 0.3) is 0 Å². The van der Waals surface area contributed by atoms with E-state index in [1.807, 2.05) is 36.4 Å². The Hall–Kier alpha value is -1.29. The molecule has 0 aromatic heterocycles. The Morgan fingerprint density at radius 2 is 2.04 bits per heavy atom. The molecule has 2 aromatic rings. The molecule has 0 saturated carbocycles. The predicted octanol–water partition coefficient (Wildman–Crippen LogP) is 4.43. The monoisotopic (exact) mass is 343 g/mol. The number of nitrogens with zero attached hydrogens (tertiary/aromatic N) is 1. The molecular weight excluding hydrogens is 326 g/mol. The van der Waals surface area contributed by atoms with Gasteiger partial charge >= 0.3 is 0 Å². The molecule has 4 rings (SSSR count). The van der Waals surface area contributed by atoms with E-state index in [0.717, 1.165) is 22.1 Å². The number of hydrogen-bond donors (Lipinski definition) is 1. The Balaban J connectivity index is 1.63. The van der Waals surface area contributed by atoms with Crippen molar-refractivity contribution in [2.75, 3.05) is 0 Å². The van der Waals surface area contributed by atoms with E-state index in [-0.39, 0.29) is 11.2 Å². The Morgan fingerprint density at radius 3 is 2.83 bits per heavy atom. The first kappa shape index (κ1) is 15.3. The standard InChI is InChI=1S/C19H18ClNOS/c1-12-18(21-11-13-5-3-2-4-6-13)23-17-10-14-9-15(20)7-8-16(14)19(12,17)22/h2-9,12,17,22H,10-11H2,1H3. The van der Waals surface area contributed by atoms with E-state index >= 15 is 0 Å². The summed E-state index contributed by atoms with van der Waals surface area (Å²) in [5.74, 6) is 0.0173. The maximum absolute atomic E-state index is 11.4. The quantitative estimate of drug-likeness (QED) is 0.874.